The van der Waals surface area contributed by atoms with Crippen LogP contribution in [0, 0.1) is 6.92 Å². The molecule has 0 saturated heterocycles. The van der Waals surface area contributed by atoms with Gasteiger partial charge < -0.3 is 24.1 Å². The van der Waals surface area contributed by atoms with Gasteiger partial charge in [0, 0.05) is 10.9 Å². The molecular formula is C19H20N4O5S. The summed E-state index contributed by atoms with van der Waals surface area (Å²) in [5.41, 5.74) is 2.35. The number of ether oxygens (including phenoxy) is 3. The highest BCUT2D eigenvalue weighted by atomic mass is 32.1. The number of thiophene rings is 1. The summed E-state index contributed by atoms with van der Waals surface area (Å²) in [7, 11) is 3.10. The van der Waals surface area contributed by atoms with Gasteiger partial charge in [0.1, 0.15) is 16.5 Å². The molecule has 0 spiro atoms. The van der Waals surface area contributed by atoms with Gasteiger partial charge in [0.25, 0.3) is 5.89 Å². The van der Waals surface area contributed by atoms with Crippen LogP contribution in [-0.2, 0) is 17.8 Å². The number of nitrogens with one attached hydrogen (secondary N) is 2. The van der Waals surface area contributed by atoms with Crippen LogP contribution in [0.5, 0.6) is 11.5 Å². The Morgan fingerprint density at radius 2 is 2.10 bits per heavy atom. The molecule has 2 N–H and O–H groups in total. The van der Waals surface area contributed by atoms with E-state index in [0.717, 1.165) is 22.4 Å². The van der Waals surface area contributed by atoms with E-state index in [9.17, 15) is 4.79 Å². The van der Waals surface area contributed by atoms with Crippen molar-refractivity contribution >= 4 is 28.1 Å². The predicted octanol–water partition coefficient (Wildman–Crippen LogP) is 3.84. The number of fused-ring (bicyclic) bond motifs is 1. The minimum atomic E-state index is -0.412. The number of carbonyl (C=O) groups excluding carboxylic acids is 1. The zero-order valence-electron chi connectivity index (χ0n) is 16.2. The number of urea groups is 1. The fraction of sp³-hybridized carbons (Fsp3) is 0.316. The van der Waals surface area contributed by atoms with E-state index in [1.54, 1.807) is 32.2 Å². The summed E-state index contributed by atoms with van der Waals surface area (Å²) in [4.78, 5) is 18.1. The van der Waals surface area contributed by atoms with Crippen LogP contribution in [0.1, 0.15) is 16.3 Å². The van der Waals surface area contributed by atoms with Gasteiger partial charge in [0.05, 0.1) is 38.7 Å². The number of hydrogen-bond donors (Lipinski definition) is 2. The molecule has 3 heterocycles. The number of aryl methyl sites for hydroxylation is 1. The number of aromatic nitrogens is 2. The lowest BCUT2D eigenvalue weighted by Gasteiger charge is -2.13. The van der Waals surface area contributed by atoms with E-state index in [4.69, 9.17) is 18.7 Å². The summed E-state index contributed by atoms with van der Waals surface area (Å²) in [6.07, 6.45) is 0.720. The van der Waals surface area contributed by atoms with Crippen LogP contribution >= 0.6 is 11.3 Å². The van der Waals surface area contributed by atoms with Gasteiger partial charge in [-0.3, -0.25) is 5.32 Å². The Balaban J connectivity index is 1.61. The Kier molecular flexibility index (Phi) is 5.36. The molecule has 0 fully saturated rings. The van der Waals surface area contributed by atoms with Gasteiger partial charge in [-0.1, -0.05) is 5.16 Å². The molecule has 1 aliphatic heterocycles. The molecule has 29 heavy (non-hydrogen) atoms. The second-order valence-electron chi connectivity index (χ2n) is 6.30. The first kappa shape index (κ1) is 19.2. The van der Waals surface area contributed by atoms with E-state index in [-0.39, 0.29) is 0 Å². The number of methoxy groups -OCH3 is 2. The lowest BCUT2D eigenvalue weighted by atomic mass is 10.1. The molecule has 0 saturated carbocycles. The Morgan fingerprint density at radius 3 is 2.83 bits per heavy atom. The number of amides is 2. The maximum absolute atomic E-state index is 12.7. The Morgan fingerprint density at radius 1 is 1.24 bits per heavy atom. The second-order valence-corrected chi connectivity index (χ2v) is 7.41. The van der Waals surface area contributed by atoms with Gasteiger partial charge in [-0.25, -0.2) is 4.79 Å². The minimum absolute atomic E-state index is 0.388. The van der Waals surface area contributed by atoms with Crippen LogP contribution in [0.15, 0.2) is 22.7 Å². The third kappa shape index (κ3) is 3.89. The quantitative estimate of drug-likeness (QED) is 0.650. The molecular weight excluding hydrogens is 396 g/mol. The van der Waals surface area contributed by atoms with Crippen LogP contribution in [0.25, 0.3) is 11.5 Å². The standard InChI is InChI=1S/C19H20N4O5S/c1-10-20-17(28-23-10)16-12-6-7-27-9-15(12)29-18(16)22-19(24)21-13-5-4-11(25-2)8-14(13)26-3/h4-5,8H,6-7,9H2,1-3H3,(H2,21,22,24). The summed E-state index contributed by atoms with van der Waals surface area (Å²) < 4.78 is 21.4. The molecule has 4 rings (SSSR count). The summed E-state index contributed by atoms with van der Waals surface area (Å²) in [6, 6.07) is 4.74. The first-order chi connectivity index (χ1) is 14.1. The summed E-state index contributed by atoms with van der Waals surface area (Å²) in [5, 5.41) is 10.2. The van der Waals surface area contributed by atoms with Gasteiger partial charge in [-0.05, 0) is 31.0 Å². The Bertz CT molecular complexity index is 1050. The third-order valence-corrected chi connectivity index (χ3v) is 5.57. The Labute approximate surface area is 171 Å². The molecule has 2 aromatic heterocycles. The minimum Gasteiger partial charge on any atom is -0.497 e. The molecule has 0 bridgehead atoms. The molecule has 1 aromatic carbocycles. The summed E-state index contributed by atoms with van der Waals surface area (Å²) in [6.45, 7) is 2.86. The highest BCUT2D eigenvalue weighted by Gasteiger charge is 2.27. The molecule has 1 aliphatic rings. The van der Waals surface area contributed by atoms with Crippen molar-refractivity contribution in [2.24, 2.45) is 0 Å². The topological polar surface area (TPSA) is 108 Å². The van der Waals surface area contributed by atoms with Gasteiger partial charge in [-0.2, -0.15) is 4.98 Å². The lowest BCUT2D eigenvalue weighted by molar-refractivity contribution is 0.113. The number of rotatable bonds is 5. The molecule has 152 valence electrons. The highest BCUT2D eigenvalue weighted by molar-refractivity contribution is 7.17. The first-order valence-electron chi connectivity index (χ1n) is 8.92. The molecule has 3 aromatic rings. The van der Waals surface area contributed by atoms with Crippen LogP contribution < -0.4 is 20.1 Å². The smallest absolute Gasteiger partial charge is 0.324 e. The molecule has 0 atom stereocenters. The van der Waals surface area contributed by atoms with Gasteiger partial charge in [0.2, 0.25) is 0 Å². The molecule has 0 radical (unpaired) electrons. The number of benzene rings is 1. The van der Waals surface area contributed by atoms with Gasteiger partial charge in [-0.15, -0.1) is 11.3 Å². The largest absolute Gasteiger partial charge is 0.497 e. The van der Waals surface area contributed by atoms with E-state index >= 15 is 0 Å². The fourth-order valence-electron chi connectivity index (χ4n) is 3.10. The van der Waals surface area contributed by atoms with Crippen molar-refractivity contribution in [3.05, 3.63) is 34.5 Å². The maximum Gasteiger partial charge on any atom is 0.324 e. The zero-order chi connectivity index (χ0) is 20.4. The molecule has 0 aliphatic carbocycles. The third-order valence-electron chi connectivity index (χ3n) is 4.45. The van der Waals surface area contributed by atoms with Crippen molar-refractivity contribution in [3.8, 4) is 23.0 Å². The van der Waals surface area contributed by atoms with E-state index in [1.165, 1.54) is 18.4 Å². The van der Waals surface area contributed by atoms with Crippen LogP contribution in [0.2, 0.25) is 0 Å². The number of anilines is 2. The van der Waals surface area contributed by atoms with E-state index < -0.39 is 6.03 Å². The first-order valence-corrected chi connectivity index (χ1v) is 9.73. The van der Waals surface area contributed by atoms with E-state index in [2.05, 4.69) is 20.8 Å². The van der Waals surface area contributed by atoms with Crippen LogP contribution in [-0.4, -0.2) is 37.0 Å². The summed E-state index contributed by atoms with van der Waals surface area (Å²) >= 11 is 1.44. The normalized spacial score (nSPS) is 12.9. The number of carbonyl (C=O) groups is 1. The molecule has 9 nitrogen and oxygen atoms in total. The number of hydrogen-bond acceptors (Lipinski definition) is 8. The average molecular weight is 416 g/mol. The summed E-state index contributed by atoms with van der Waals surface area (Å²) in [5.74, 6) is 2.04. The fourth-order valence-corrected chi connectivity index (χ4v) is 4.28. The highest BCUT2D eigenvalue weighted by Crippen LogP contribution is 2.42. The Hall–Kier alpha value is -3.11. The van der Waals surface area contributed by atoms with E-state index in [1.807, 2.05) is 0 Å². The number of nitrogens with zero attached hydrogens (tertiary/aromatic N) is 2. The molecule has 10 heteroatoms. The second kappa shape index (κ2) is 8.10. The van der Waals surface area contributed by atoms with Crippen LogP contribution in [0.4, 0.5) is 15.5 Å². The van der Waals surface area contributed by atoms with Gasteiger partial charge in [0.15, 0.2) is 5.82 Å². The lowest BCUT2D eigenvalue weighted by Crippen LogP contribution is -2.19. The van der Waals surface area contributed by atoms with Crippen molar-refractivity contribution < 1.29 is 23.5 Å². The van der Waals surface area contributed by atoms with Crippen molar-refractivity contribution in [1.82, 2.24) is 10.1 Å². The molecule has 0 unspecified atom stereocenters. The predicted molar refractivity (Wildman–Crippen MR) is 108 cm³/mol. The van der Waals surface area contributed by atoms with Crippen molar-refractivity contribution in [1.29, 1.82) is 0 Å². The van der Waals surface area contributed by atoms with Crippen molar-refractivity contribution in [2.75, 3.05) is 31.5 Å². The average Bonchev–Trinajstić information content (AvgIpc) is 3.30. The van der Waals surface area contributed by atoms with E-state index in [0.29, 0.717) is 47.1 Å². The van der Waals surface area contributed by atoms with Crippen molar-refractivity contribution in [2.45, 2.75) is 20.0 Å². The monoisotopic (exact) mass is 416 g/mol. The SMILES string of the molecule is COc1ccc(NC(=O)Nc2sc3c(c2-c2nc(C)no2)CCOC3)c(OC)c1. The maximum atomic E-state index is 12.7. The molecule has 2 amide bonds. The zero-order valence-corrected chi connectivity index (χ0v) is 17.0. The van der Waals surface area contributed by atoms with Crippen molar-refractivity contribution in [3.63, 3.8) is 0 Å². The van der Waals surface area contributed by atoms with Gasteiger partial charge >= 0.3 is 6.03 Å². The van der Waals surface area contributed by atoms with Crippen LogP contribution in [0.3, 0.4) is 0 Å².